The zero-order valence-electron chi connectivity index (χ0n) is 11.4. The van der Waals surface area contributed by atoms with Crippen LogP contribution < -0.4 is 5.32 Å². The van der Waals surface area contributed by atoms with Gasteiger partial charge in [0.15, 0.2) is 0 Å². The smallest absolute Gasteiger partial charge is 0.299 e. The van der Waals surface area contributed by atoms with Gasteiger partial charge in [-0.3, -0.25) is 20.2 Å². The largest absolute Gasteiger partial charge is 0.394 e. The molecule has 0 aliphatic rings. The van der Waals surface area contributed by atoms with Gasteiger partial charge >= 0.3 is 0 Å². The van der Waals surface area contributed by atoms with Crippen molar-refractivity contribution in [2.75, 3.05) is 11.9 Å². The molecule has 1 atom stereocenters. The van der Waals surface area contributed by atoms with Crippen LogP contribution in [0.2, 0.25) is 0 Å². The van der Waals surface area contributed by atoms with Crippen molar-refractivity contribution >= 4 is 17.1 Å². The van der Waals surface area contributed by atoms with E-state index in [0.717, 1.165) is 11.6 Å². The Morgan fingerprint density at radius 3 is 2.27 bits per heavy atom. The van der Waals surface area contributed by atoms with Crippen molar-refractivity contribution in [1.29, 1.82) is 0 Å². The summed E-state index contributed by atoms with van der Waals surface area (Å²) in [5, 5.41) is 34.1. The predicted octanol–water partition coefficient (Wildman–Crippen LogP) is 2.65. The van der Waals surface area contributed by atoms with Crippen LogP contribution in [-0.2, 0) is 0 Å². The van der Waals surface area contributed by atoms with Gasteiger partial charge in [-0.15, -0.1) is 0 Å². The van der Waals surface area contributed by atoms with Gasteiger partial charge in [-0.05, 0) is 11.6 Å². The molecule has 8 heteroatoms. The third-order valence-electron chi connectivity index (χ3n) is 3.10. The maximum absolute atomic E-state index is 11.1. The van der Waals surface area contributed by atoms with E-state index in [0.29, 0.717) is 0 Å². The van der Waals surface area contributed by atoms with Gasteiger partial charge in [0, 0.05) is 6.07 Å². The number of rotatable bonds is 6. The van der Waals surface area contributed by atoms with E-state index in [9.17, 15) is 25.3 Å². The molecule has 2 N–H and O–H groups in total. The van der Waals surface area contributed by atoms with Crippen molar-refractivity contribution in [2.24, 2.45) is 0 Å². The number of hydrogen-bond acceptors (Lipinski definition) is 6. The van der Waals surface area contributed by atoms with Gasteiger partial charge in [-0.2, -0.15) is 0 Å². The number of non-ortho nitro benzene ring substituents is 1. The molecule has 1 unspecified atom stereocenters. The van der Waals surface area contributed by atoms with E-state index < -0.39 is 21.6 Å². The van der Waals surface area contributed by atoms with Crippen LogP contribution in [0.5, 0.6) is 0 Å². The molecule has 0 heterocycles. The Bertz CT molecular complexity index is 690. The molecule has 0 aliphatic carbocycles. The molecule has 0 spiro atoms. The first-order chi connectivity index (χ1) is 10.5. The first kappa shape index (κ1) is 15.4. The zero-order chi connectivity index (χ0) is 16.1. The molecule has 0 saturated carbocycles. The summed E-state index contributed by atoms with van der Waals surface area (Å²) in [5.74, 6) is 0. The van der Waals surface area contributed by atoms with Crippen LogP contribution in [0.25, 0.3) is 0 Å². The summed E-state index contributed by atoms with van der Waals surface area (Å²) in [4.78, 5) is 20.4. The molecule has 0 aliphatic heterocycles. The first-order valence-corrected chi connectivity index (χ1v) is 6.38. The van der Waals surface area contributed by atoms with Crippen molar-refractivity contribution < 1.29 is 15.0 Å². The Morgan fingerprint density at radius 2 is 1.73 bits per heavy atom. The Morgan fingerprint density at radius 1 is 1.05 bits per heavy atom. The fraction of sp³-hybridized carbons (Fsp3) is 0.143. The van der Waals surface area contributed by atoms with E-state index in [1.54, 1.807) is 24.3 Å². The van der Waals surface area contributed by atoms with Crippen LogP contribution in [0.3, 0.4) is 0 Å². The average molecular weight is 303 g/mol. The molecule has 0 aromatic heterocycles. The number of nitro groups is 2. The predicted molar refractivity (Wildman–Crippen MR) is 79.6 cm³/mol. The van der Waals surface area contributed by atoms with Crippen LogP contribution in [0.4, 0.5) is 17.1 Å². The van der Waals surface area contributed by atoms with Gasteiger partial charge < -0.3 is 10.4 Å². The van der Waals surface area contributed by atoms with Crippen molar-refractivity contribution in [2.45, 2.75) is 6.04 Å². The quantitative estimate of drug-likeness (QED) is 0.625. The molecule has 0 fully saturated rings. The summed E-state index contributed by atoms with van der Waals surface area (Å²) >= 11 is 0. The highest BCUT2D eigenvalue weighted by Gasteiger charge is 2.21. The minimum Gasteiger partial charge on any atom is -0.394 e. The lowest BCUT2D eigenvalue weighted by atomic mass is 10.1. The minimum absolute atomic E-state index is 0.110. The number of aliphatic hydroxyl groups excluding tert-OH is 1. The Balaban J connectivity index is 2.35. The molecule has 22 heavy (non-hydrogen) atoms. The van der Waals surface area contributed by atoms with Gasteiger partial charge in [-0.1, -0.05) is 30.3 Å². The van der Waals surface area contributed by atoms with E-state index in [1.807, 2.05) is 6.07 Å². The minimum atomic E-state index is -0.700. The molecule has 2 aromatic carbocycles. The van der Waals surface area contributed by atoms with Crippen LogP contribution in [0, 0.1) is 20.2 Å². The van der Waals surface area contributed by atoms with Gasteiger partial charge in [0.05, 0.1) is 28.6 Å². The molecule has 2 aromatic rings. The SMILES string of the molecule is O=[N+]([O-])c1ccc(NC(CO)c2ccccc2)c([N+](=O)[O-])c1. The lowest BCUT2D eigenvalue weighted by Gasteiger charge is -2.17. The fourth-order valence-corrected chi connectivity index (χ4v) is 2.01. The normalized spacial score (nSPS) is 11.7. The second-order valence-electron chi connectivity index (χ2n) is 4.51. The number of nitrogens with one attached hydrogen (secondary N) is 1. The van der Waals surface area contributed by atoms with Crippen molar-refractivity contribution in [1.82, 2.24) is 0 Å². The molecule has 114 valence electrons. The maximum Gasteiger partial charge on any atom is 0.299 e. The van der Waals surface area contributed by atoms with Crippen molar-refractivity contribution in [3.05, 3.63) is 74.3 Å². The zero-order valence-corrected chi connectivity index (χ0v) is 11.4. The molecular weight excluding hydrogens is 290 g/mol. The van der Waals surface area contributed by atoms with Crippen LogP contribution in [-0.4, -0.2) is 21.6 Å². The third-order valence-corrected chi connectivity index (χ3v) is 3.10. The number of nitrogens with zero attached hydrogens (tertiary/aromatic N) is 2. The van der Waals surface area contributed by atoms with E-state index in [-0.39, 0.29) is 18.0 Å². The molecule has 8 nitrogen and oxygen atoms in total. The van der Waals surface area contributed by atoms with Gasteiger partial charge in [0.1, 0.15) is 5.69 Å². The molecule has 0 radical (unpaired) electrons. The topological polar surface area (TPSA) is 119 Å². The van der Waals surface area contributed by atoms with Crippen molar-refractivity contribution in [3.8, 4) is 0 Å². The summed E-state index contributed by atoms with van der Waals surface area (Å²) in [6.07, 6.45) is 0. The summed E-state index contributed by atoms with van der Waals surface area (Å²) in [6.45, 7) is -0.280. The summed E-state index contributed by atoms with van der Waals surface area (Å²) < 4.78 is 0. The van der Waals surface area contributed by atoms with E-state index in [1.165, 1.54) is 12.1 Å². The number of aliphatic hydroxyl groups is 1. The highest BCUT2D eigenvalue weighted by Crippen LogP contribution is 2.31. The van der Waals surface area contributed by atoms with Crippen LogP contribution in [0.15, 0.2) is 48.5 Å². The second-order valence-corrected chi connectivity index (χ2v) is 4.51. The highest BCUT2D eigenvalue weighted by molar-refractivity contribution is 5.66. The summed E-state index contributed by atoms with van der Waals surface area (Å²) in [7, 11) is 0. The molecular formula is C14H13N3O5. The first-order valence-electron chi connectivity index (χ1n) is 6.38. The number of nitro benzene ring substituents is 2. The Labute approximate surface area is 125 Å². The van der Waals surface area contributed by atoms with E-state index >= 15 is 0 Å². The Kier molecular flexibility index (Phi) is 4.64. The van der Waals surface area contributed by atoms with Crippen LogP contribution >= 0.6 is 0 Å². The second kappa shape index (κ2) is 6.64. The molecule has 2 rings (SSSR count). The van der Waals surface area contributed by atoms with Gasteiger partial charge in [0.25, 0.3) is 11.4 Å². The maximum atomic E-state index is 11.1. The number of anilines is 1. The Hall–Kier alpha value is -3.00. The lowest BCUT2D eigenvalue weighted by Crippen LogP contribution is -2.15. The number of benzene rings is 2. The van der Waals surface area contributed by atoms with Gasteiger partial charge in [0.2, 0.25) is 0 Å². The van der Waals surface area contributed by atoms with Crippen LogP contribution in [0.1, 0.15) is 11.6 Å². The third kappa shape index (κ3) is 3.36. The standard InChI is InChI=1S/C14H13N3O5/c18-9-13(10-4-2-1-3-5-10)15-12-7-6-11(16(19)20)8-14(12)17(21)22/h1-8,13,15,18H,9H2. The molecule has 0 saturated heterocycles. The number of hydrogen-bond donors (Lipinski definition) is 2. The van der Waals surface area contributed by atoms with E-state index in [4.69, 9.17) is 0 Å². The molecule has 0 amide bonds. The summed E-state index contributed by atoms with van der Waals surface area (Å²) in [5.41, 5.74) is 0.0808. The monoisotopic (exact) mass is 303 g/mol. The molecule has 0 bridgehead atoms. The fourth-order valence-electron chi connectivity index (χ4n) is 2.01. The van der Waals surface area contributed by atoms with Gasteiger partial charge in [-0.25, -0.2) is 0 Å². The van der Waals surface area contributed by atoms with Crippen molar-refractivity contribution in [3.63, 3.8) is 0 Å². The lowest BCUT2D eigenvalue weighted by molar-refractivity contribution is -0.393. The average Bonchev–Trinajstić information content (AvgIpc) is 2.53. The highest BCUT2D eigenvalue weighted by atomic mass is 16.6. The van der Waals surface area contributed by atoms with E-state index in [2.05, 4.69) is 5.32 Å². The summed E-state index contributed by atoms with van der Waals surface area (Å²) in [6, 6.07) is 11.7.